The Labute approximate surface area is 187 Å². The third-order valence-corrected chi connectivity index (χ3v) is 4.52. The molecule has 2 rings (SSSR count). The van der Waals surface area contributed by atoms with Gasteiger partial charge in [-0.05, 0) is 54.9 Å². The zero-order valence-corrected chi connectivity index (χ0v) is 18.5. The van der Waals surface area contributed by atoms with E-state index in [2.05, 4.69) is 10.6 Å². The number of carbonyl (C=O) groups excluding carboxylic acids is 3. The molecule has 0 saturated heterocycles. The first-order valence-electron chi connectivity index (χ1n) is 9.97. The molecule has 0 atom stereocenters. The molecule has 2 N–H and O–H groups in total. The first-order valence-corrected chi connectivity index (χ1v) is 10.4. The van der Waals surface area contributed by atoms with Crippen LogP contribution in [0.15, 0.2) is 54.6 Å². The largest absolute Gasteiger partial charge is 0.466 e. The van der Waals surface area contributed by atoms with Gasteiger partial charge in [0.2, 0.25) is 5.91 Å². The lowest BCUT2D eigenvalue weighted by Crippen LogP contribution is -2.34. The SMILES string of the molecule is CN(C)C(=O)c1ccc(NC(=S)NC(=O)CCC(=O)OCCCc2ccccc2)cc1. The van der Waals surface area contributed by atoms with Crippen molar-refractivity contribution in [1.82, 2.24) is 10.2 Å². The molecule has 7 nitrogen and oxygen atoms in total. The zero-order chi connectivity index (χ0) is 22.6. The molecule has 0 heterocycles. The van der Waals surface area contributed by atoms with Gasteiger partial charge in [0.15, 0.2) is 5.11 Å². The van der Waals surface area contributed by atoms with E-state index in [1.54, 1.807) is 38.4 Å². The number of nitrogens with zero attached hydrogens (tertiary/aromatic N) is 1. The fourth-order valence-corrected chi connectivity index (χ4v) is 2.93. The van der Waals surface area contributed by atoms with Crippen LogP contribution in [0.5, 0.6) is 0 Å². The Morgan fingerprint density at radius 1 is 0.968 bits per heavy atom. The summed E-state index contributed by atoms with van der Waals surface area (Å²) in [5, 5.41) is 5.52. The minimum absolute atomic E-state index is 0.0128. The molecule has 8 heteroatoms. The number of thiocarbonyl (C=S) groups is 1. The summed E-state index contributed by atoms with van der Waals surface area (Å²) >= 11 is 5.12. The Bertz CT molecular complexity index is 899. The Kier molecular flexibility index (Phi) is 9.64. The quantitative estimate of drug-likeness (QED) is 0.353. The van der Waals surface area contributed by atoms with Gasteiger partial charge in [0.25, 0.3) is 5.91 Å². The highest BCUT2D eigenvalue weighted by atomic mass is 32.1. The van der Waals surface area contributed by atoms with Crippen molar-refractivity contribution in [2.75, 3.05) is 26.0 Å². The van der Waals surface area contributed by atoms with Gasteiger partial charge in [0.1, 0.15) is 0 Å². The van der Waals surface area contributed by atoms with Crippen molar-refractivity contribution in [1.29, 1.82) is 0 Å². The van der Waals surface area contributed by atoms with Crippen LogP contribution in [0, 0.1) is 0 Å². The summed E-state index contributed by atoms with van der Waals surface area (Å²) in [6.45, 7) is 0.321. The molecular weight excluding hydrogens is 414 g/mol. The lowest BCUT2D eigenvalue weighted by Gasteiger charge is -2.12. The second-order valence-electron chi connectivity index (χ2n) is 7.09. The van der Waals surface area contributed by atoms with Crippen molar-refractivity contribution in [3.63, 3.8) is 0 Å². The smallest absolute Gasteiger partial charge is 0.306 e. The van der Waals surface area contributed by atoms with Gasteiger partial charge in [0, 0.05) is 31.8 Å². The molecule has 0 aliphatic rings. The number of carbonyl (C=O) groups is 3. The van der Waals surface area contributed by atoms with Gasteiger partial charge in [-0.15, -0.1) is 0 Å². The summed E-state index contributed by atoms with van der Waals surface area (Å²) in [6.07, 6.45) is 1.53. The van der Waals surface area contributed by atoms with Crippen molar-refractivity contribution < 1.29 is 19.1 Å². The molecule has 0 aliphatic heterocycles. The van der Waals surface area contributed by atoms with Crippen LogP contribution in [0.25, 0.3) is 0 Å². The molecule has 0 radical (unpaired) electrons. The lowest BCUT2D eigenvalue weighted by atomic mass is 10.1. The molecule has 2 amide bonds. The Morgan fingerprint density at radius 2 is 1.65 bits per heavy atom. The highest BCUT2D eigenvalue weighted by Crippen LogP contribution is 2.11. The van der Waals surface area contributed by atoms with Crippen LogP contribution in [-0.4, -0.2) is 48.5 Å². The van der Waals surface area contributed by atoms with Gasteiger partial charge in [0.05, 0.1) is 13.0 Å². The molecular formula is C23H27N3O4S. The maximum atomic E-state index is 12.0. The fraction of sp³-hybridized carbons (Fsp3) is 0.304. The third kappa shape index (κ3) is 8.96. The molecule has 0 bridgehead atoms. The highest BCUT2D eigenvalue weighted by Gasteiger charge is 2.11. The summed E-state index contributed by atoms with van der Waals surface area (Å²) in [4.78, 5) is 37.1. The second-order valence-corrected chi connectivity index (χ2v) is 7.50. The van der Waals surface area contributed by atoms with Gasteiger partial charge in [-0.2, -0.15) is 0 Å². The lowest BCUT2D eigenvalue weighted by molar-refractivity contribution is -0.145. The molecule has 0 aliphatic carbocycles. The summed E-state index contributed by atoms with van der Waals surface area (Å²) in [5.74, 6) is -0.893. The number of ether oxygens (including phenoxy) is 1. The Morgan fingerprint density at radius 3 is 2.29 bits per heavy atom. The monoisotopic (exact) mass is 441 g/mol. The van der Waals surface area contributed by atoms with Crippen LogP contribution < -0.4 is 10.6 Å². The van der Waals surface area contributed by atoms with Crippen LogP contribution >= 0.6 is 12.2 Å². The topological polar surface area (TPSA) is 87.7 Å². The number of benzene rings is 2. The molecule has 31 heavy (non-hydrogen) atoms. The van der Waals surface area contributed by atoms with Crippen LogP contribution in [0.1, 0.15) is 35.2 Å². The van der Waals surface area contributed by atoms with Crippen LogP contribution in [0.3, 0.4) is 0 Å². The molecule has 0 spiro atoms. The first-order chi connectivity index (χ1) is 14.8. The zero-order valence-electron chi connectivity index (χ0n) is 17.7. The van der Waals surface area contributed by atoms with Crippen LogP contribution in [0.2, 0.25) is 0 Å². The van der Waals surface area contributed by atoms with Crippen molar-refractivity contribution in [3.05, 3.63) is 65.7 Å². The maximum absolute atomic E-state index is 12.0. The normalized spacial score (nSPS) is 10.1. The Hall–Kier alpha value is -3.26. The number of rotatable bonds is 9. The highest BCUT2D eigenvalue weighted by molar-refractivity contribution is 7.80. The van der Waals surface area contributed by atoms with Gasteiger partial charge in [-0.3, -0.25) is 14.4 Å². The molecule has 0 saturated carbocycles. The summed E-state index contributed by atoms with van der Waals surface area (Å²) < 4.78 is 5.16. The molecule has 0 unspecified atom stereocenters. The van der Waals surface area contributed by atoms with E-state index in [1.165, 1.54) is 10.5 Å². The second kappa shape index (κ2) is 12.4. The van der Waals surface area contributed by atoms with Crippen LogP contribution in [0.4, 0.5) is 5.69 Å². The number of anilines is 1. The number of hydrogen-bond donors (Lipinski definition) is 2. The average Bonchev–Trinajstić information content (AvgIpc) is 2.76. The number of aryl methyl sites for hydroxylation is 1. The van der Waals surface area contributed by atoms with Gasteiger partial charge < -0.3 is 20.3 Å². The number of hydrogen-bond acceptors (Lipinski definition) is 5. The third-order valence-electron chi connectivity index (χ3n) is 4.32. The van der Waals surface area contributed by atoms with E-state index in [4.69, 9.17) is 17.0 Å². The molecule has 2 aromatic rings. The minimum atomic E-state index is -0.414. The fourth-order valence-electron chi connectivity index (χ4n) is 2.70. The number of esters is 1. The molecule has 0 aromatic heterocycles. The van der Waals surface area contributed by atoms with Gasteiger partial charge in [-0.25, -0.2) is 0 Å². The number of nitrogens with one attached hydrogen (secondary N) is 2. The predicted octanol–water partition coefficient (Wildman–Crippen LogP) is 3.16. The Balaban J connectivity index is 1.63. The van der Waals surface area contributed by atoms with Crippen molar-refractivity contribution in [2.45, 2.75) is 25.7 Å². The van der Waals surface area contributed by atoms with Gasteiger partial charge >= 0.3 is 5.97 Å². The van der Waals surface area contributed by atoms with Crippen molar-refractivity contribution in [2.24, 2.45) is 0 Å². The maximum Gasteiger partial charge on any atom is 0.306 e. The molecule has 0 fully saturated rings. The van der Waals surface area contributed by atoms with E-state index in [0.29, 0.717) is 17.9 Å². The van der Waals surface area contributed by atoms with E-state index >= 15 is 0 Å². The van der Waals surface area contributed by atoms with Gasteiger partial charge in [-0.1, -0.05) is 30.3 Å². The van der Waals surface area contributed by atoms with E-state index in [9.17, 15) is 14.4 Å². The van der Waals surface area contributed by atoms with E-state index < -0.39 is 5.97 Å². The first kappa shape index (κ1) is 24.0. The summed E-state index contributed by atoms with van der Waals surface area (Å²) in [6, 6.07) is 16.7. The predicted molar refractivity (Wildman–Crippen MR) is 124 cm³/mol. The summed E-state index contributed by atoms with van der Waals surface area (Å²) in [7, 11) is 3.36. The molecule has 2 aromatic carbocycles. The van der Waals surface area contributed by atoms with E-state index in [-0.39, 0.29) is 29.8 Å². The minimum Gasteiger partial charge on any atom is -0.466 e. The summed E-state index contributed by atoms with van der Waals surface area (Å²) in [5.41, 5.74) is 2.38. The number of amides is 2. The van der Waals surface area contributed by atoms with Crippen molar-refractivity contribution in [3.8, 4) is 0 Å². The standard InChI is InChI=1S/C23H27N3O4S/c1-26(2)22(29)18-10-12-19(13-11-18)24-23(31)25-20(27)14-15-21(28)30-16-6-9-17-7-4-3-5-8-17/h3-5,7-8,10-13H,6,9,14-16H2,1-2H3,(H2,24,25,27,31). The van der Waals surface area contributed by atoms with Crippen LogP contribution in [-0.2, 0) is 20.7 Å². The molecule has 164 valence electrons. The average molecular weight is 442 g/mol. The van der Waals surface area contributed by atoms with E-state index in [0.717, 1.165) is 12.8 Å². The van der Waals surface area contributed by atoms with Crippen molar-refractivity contribution >= 4 is 40.8 Å². The van der Waals surface area contributed by atoms with E-state index in [1.807, 2.05) is 30.3 Å².